The molecule has 2 heterocycles. The summed E-state index contributed by atoms with van der Waals surface area (Å²) in [6.45, 7) is 3.84. The van der Waals surface area contributed by atoms with Crippen LogP contribution in [0.4, 0.5) is 5.00 Å². The topological polar surface area (TPSA) is 110 Å². The van der Waals surface area contributed by atoms with Gasteiger partial charge in [-0.1, -0.05) is 37.3 Å². The second-order valence-corrected chi connectivity index (χ2v) is 11.3. The van der Waals surface area contributed by atoms with E-state index in [1.807, 2.05) is 18.2 Å². The summed E-state index contributed by atoms with van der Waals surface area (Å²) in [6, 6.07) is 16.0. The summed E-state index contributed by atoms with van der Waals surface area (Å²) in [4.78, 5) is 28.5. The fourth-order valence-electron chi connectivity index (χ4n) is 3.94. The molecular formula is C24H26ClN3O4S2. The number of hydrogen-bond donors (Lipinski definition) is 2. The molecule has 2 amide bonds. The van der Waals surface area contributed by atoms with Gasteiger partial charge in [0.15, 0.2) is 9.84 Å². The van der Waals surface area contributed by atoms with Crippen LogP contribution in [0.2, 0.25) is 0 Å². The molecule has 0 unspecified atom stereocenters. The van der Waals surface area contributed by atoms with Gasteiger partial charge < -0.3 is 11.1 Å². The third-order valence-electron chi connectivity index (χ3n) is 5.71. The van der Waals surface area contributed by atoms with E-state index in [-0.39, 0.29) is 23.1 Å². The molecule has 2 aromatic carbocycles. The van der Waals surface area contributed by atoms with E-state index in [2.05, 4.69) is 22.3 Å². The fraction of sp³-hybridized carbons (Fsp3) is 0.250. The van der Waals surface area contributed by atoms with Crippen molar-refractivity contribution in [3.05, 3.63) is 81.7 Å². The van der Waals surface area contributed by atoms with E-state index in [0.29, 0.717) is 29.1 Å². The van der Waals surface area contributed by atoms with Crippen LogP contribution in [0, 0.1) is 0 Å². The predicted molar refractivity (Wildman–Crippen MR) is 136 cm³/mol. The number of carbonyl (C=O) groups is 2. The highest BCUT2D eigenvalue weighted by Crippen LogP contribution is 2.37. The summed E-state index contributed by atoms with van der Waals surface area (Å²) in [5.41, 5.74) is 8.46. The van der Waals surface area contributed by atoms with Crippen molar-refractivity contribution in [2.45, 2.75) is 31.3 Å². The lowest BCUT2D eigenvalue weighted by molar-refractivity contribution is 0.0999. The number of thiophene rings is 1. The molecule has 0 fully saturated rings. The Balaban J connectivity index is 0.00000324. The van der Waals surface area contributed by atoms with Crippen LogP contribution in [0.25, 0.3) is 0 Å². The van der Waals surface area contributed by atoms with Crippen molar-refractivity contribution >= 4 is 50.4 Å². The molecule has 0 atom stereocenters. The lowest BCUT2D eigenvalue weighted by atomic mass is 10.0. The van der Waals surface area contributed by atoms with Crippen LogP contribution in [0.15, 0.2) is 59.5 Å². The summed E-state index contributed by atoms with van der Waals surface area (Å²) in [5, 5.41) is 3.25. The minimum Gasteiger partial charge on any atom is -0.365 e. The van der Waals surface area contributed by atoms with E-state index in [9.17, 15) is 18.0 Å². The number of halogens is 1. The van der Waals surface area contributed by atoms with E-state index < -0.39 is 21.7 Å². The molecule has 0 saturated heterocycles. The van der Waals surface area contributed by atoms with Crippen molar-refractivity contribution in [1.29, 1.82) is 0 Å². The highest BCUT2D eigenvalue weighted by molar-refractivity contribution is 7.91. The third-order valence-corrected chi connectivity index (χ3v) is 8.60. The van der Waals surface area contributed by atoms with E-state index in [1.165, 1.54) is 41.2 Å². The van der Waals surface area contributed by atoms with Gasteiger partial charge in [-0.25, -0.2) is 8.42 Å². The highest BCUT2D eigenvalue weighted by Gasteiger charge is 2.28. The Morgan fingerprint density at radius 1 is 1.09 bits per heavy atom. The van der Waals surface area contributed by atoms with Crippen molar-refractivity contribution < 1.29 is 18.0 Å². The lowest BCUT2D eigenvalue weighted by Crippen LogP contribution is -2.30. The predicted octanol–water partition coefficient (Wildman–Crippen LogP) is 3.87. The van der Waals surface area contributed by atoms with Gasteiger partial charge in [-0.15, -0.1) is 23.7 Å². The molecule has 180 valence electrons. The maximum absolute atomic E-state index is 12.8. The van der Waals surface area contributed by atoms with Crippen LogP contribution in [0.3, 0.4) is 0 Å². The monoisotopic (exact) mass is 519 g/mol. The SMILES string of the molecule is CCS(=O)(=O)c1ccc(C(=O)Nc2sc3c(c2C(N)=O)CCN(Cc2ccccc2)C3)cc1.Cl. The molecule has 0 saturated carbocycles. The summed E-state index contributed by atoms with van der Waals surface area (Å²) in [5.74, 6) is -0.996. The van der Waals surface area contributed by atoms with Crippen LogP contribution in [-0.2, 0) is 29.3 Å². The number of nitrogens with zero attached hydrogens (tertiary/aromatic N) is 1. The van der Waals surface area contributed by atoms with Crippen LogP contribution in [0.5, 0.6) is 0 Å². The van der Waals surface area contributed by atoms with Gasteiger partial charge in [-0.3, -0.25) is 14.5 Å². The second kappa shape index (κ2) is 10.7. The van der Waals surface area contributed by atoms with Gasteiger partial charge >= 0.3 is 0 Å². The molecule has 3 aromatic rings. The first-order valence-corrected chi connectivity index (χ1v) is 13.1. The molecule has 3 N–H and O–H groups in total. The first-order valence-electron chi connectivity index (χ1n) is 10.6. The summed E-state index contributed by atoms with van der Waals surface area (Å²) in [6.07, 6.45) is 0.677. The number of amides is 2. The van der Waals surface area contributed by atoms with Gasteiger partial charge in [0.05, 0.1) is 16.2 Å². The van der Waals surface area contributed by atoms with Crippen molar-refractivity contribution in [2.24, 2.45) is 5.73 Å². The smallest absolute Gasteiger partial charge is 0.256 e. The number of hydrogen-bond acceptors (Lipinski definition) is 6. The average molecular weight is 520 g/mol. The van der Waals surface area contributed by atoms with Crippen molar-refractivity contribution in [1.82, 2.24) is 4.90 Å². The first kappa shape index (κ1) is 25.9. The molecule has 10 heteroatoms. The third kappa shape index (κ3) is 5.50. The molecule has 0 bridgehead atoms. The normalized spacial score (nSPS) is 13.6. The summed E-state index contributed by atoms with van der Waals surface area (Å²) >= 11 is 1.37. The number of primary amides is 1. The number of nitrogens with two attached hydrogens (primary N) is 1. The Kier molecular flexibility index (Phi) is 8.14. The standard InChI is InChI=1S/C24H25N3O4S2.ClH/c1-2-33(30,31)18-10-8-17(9-11-18)23(29)26-24-21(22(25)28)19-12-13-27(15-20(19)32-24)14-16-6-4-3-5-7-16;/h3-11H,2,12-15H2,1H3,(H2,25,28)(H,26,29);1H. The zero-order valence-electron chi connectivity index (χ0n) is 18.6. The molecule has 0 radical (unpaired) electrons. The Bertz CT molecular complexity index is 1290. The fourth-order valence-corrected chi connectivity index (χ4v) is 6.11. The molecular weight excluding hydrogens is 494 g/mol. The quantitative estimate of drug-likeness (QED) is 0.492. The Hall–Kier alpha value is -2.72. The number of rotatable bonds is 7. The first-order chi connectivity index (χ1) is 15.8. The maximum Gasteiger partial charge on any atom is 0.256 e. The molecule has 1 aliphatic heterocycles. The van der Waals surface area contributed by atoms with E-state index in [4.69, 9.17) is 5.73 Å². The van der Waals surface area contributed by atoms with Crippen LogP contribution in [0.1, 0.15) is 43.6 Å². The molecule has 34 heavy (non-hydrogen) atoms. The largest absolute Gasteiger partial charge is 0.365 e. The molecule has 1 aromatic heterocycles. The minimum absolute atomic E-state index is 0. The number of benzene rings is 2. The number of carbonyl (C=O) groups excluding carboxylic acids is 2. The van der Waals surface area contributed by atoms with E-state index >= 15 is 0 Å². The highest BCUT2D eigenvalue weighted by atomic mass is 35.5. The van der Waals surface area contributed by atoms with Crippen LogP contribution < -0.4 is 11.1 Å². The zero-order valence-corrected chi connectivity index (χ0v) is 21.1. The maximum atomic E-state index is 12.8. The Morgan fingerprint density at radius 2 is 1.76 bits per heavy atom. The second-order valence-electron chi connectivity index (χ2n) is 7.90. The van der Waals surface area contributed by atoms with Crippen LogP contribution in [-0.4, -0.2) is 37.4 Å². The number of anilines is 1. The summed E-state index contributed by atoms with van der Waals surface area (Å²) < 4.78 is 24.0. The van der Waals surface area contributed by atoms with Gasteiger partial charge in [-0.05, 0) is 41.8 Å². The lowest BCUT2D eigenvalue weighted by Gasteiger charge is -2.27. The Morgan fingerprint density at radius 3 is 2.38 bits per heavy atom. The van der Waals surface area contributed by atoms with Crippen LogP contribution >= 0.6 is 23.7 Å². The van der Waals surface area contributed by atoms with Crippen molar-refractivity contribution in [2.75, 3.05) is 17.6 Å². The summed E-state index contributed by atoms with van der Waals surface area (Å²) in [7, 11) is -3.34. The molecule has 1 aliphatic rings. The molecule has 0 aliphatic carbocycles. The minimum atomic E-state index is -3.34. The Labute approximate surface area is 209 Å². The van der Waals surface area contributed by atoms with Gasteiger partial charge in [0.1, 0.15) is 5.00 Å². The van der Waals surface area contributed by atoms with Gasteiger partial charge in [0.25, 0.3) is 11.8 Å². The van der Waals surface area contributed by atoms with Gasteiger partial charge in [-0.2, -0.15) is 0 Å². The molecule has 7 nitrogen and oxygen atoms in total. The zero-order chi connectivity index (χ0) is 23.6. The van der Waals surface area contributed by atoms with Crippen molar-refractivity contribution in [3.63, 3.8) is 0 Å². The molecule has 0 spiro atoms. The number of nitrogens with one attached hydrogen (secondary N) is 1. The van der Waals surface area contributed by atoms with Gasteiger partial charge in [0.2, 0.25) is 0 Å². The average Bonchev–Trinajstić information content (AvgIpc) is 3.17. The number of sulfone groups is 1. The number of fused-ring (bicyclic) bond motifs is 1. The van der Waals surface area contributed by atoms with Gasteiger partial charge in [0, 0.05) is 30.1 Å². The van der Waals surface area contributed by atoms with E-state index in [1.54, 1.807) is 6.92 Å². The molecule has 4 rings (SSSR count). The van der Waals surface area contributed by atoms with Crippen molar-refractivity contribution in [3.8, 4) is 0 Å². The van der Waals surface area contributed by atoms with E-state index in [0.717, 1.165) is 23.5 Å².